The smallest absolute Gasteiger partial charge is 0.416 e. The van der Waals surface area contributed by atoms with Crippen LogP contribution in [0.25, 0.3) is 0 Å². The number of rotatable bonds is 10. The summed E-state index contributed by atoms with van der Waals surface area (Å²) in [6, 6.07) is 10.6. The third-order valence-corrected chi connectivity index (χ3v) is 7.56. The molecule has 1 saturated heterocycles. The Hall–Kier alpha value is -2.43. The Balaban J connectivity index is 1.20. The average Bonchev–Trinajstić information content (AvgIpc) is 3.56. The summed E-state index contributed by atoms with van der Waals surface area (Å²) in [7, 11) is -4.05. The Kier molecular flexibility index (Phi) is 7.30. The Morgan fingerprint density at radius 2 is 1.82 bits per heavy atom. The lowest BCUT2D eigenvalue weighted by molar-refractivity contribution is -0.137. The second kappa shape index (κ2) is 10.1. The van der Waals surface area contributed by atoms with E-state index < -0.39 is 21.8 Å². The maximum absolute atomic E-state index is 12.9. The van der Waals surface area contributed by atoms with Gasteiger partial charge in [-0.05, 0) is 74.7 Å². The van der Waals surface area contributed by atoms with Gasteiger partial charge in [0.1, 0.15) is 5.75 Å². The van der Waals surface area contributed by atoms with E-state index in [-0.39, 0.29) is 22.6 Å². The molecule has 10 heteroatoms. The first-order chi connectivity index (χ1) is 16.1. The van der Waals surface area contributed by atoms with Crippen molar-refractivity contribution in [3.8, 4) is 5.75 Å². The van der Waals surface area contributed by atoms with Gasteiger partial charge < -0.3 is 9.64 Å². The van der Waals surface area contributed by atoms with Gasteiger partial charge in [-0.15, -0.1) is 0 Å². The highest BCUT2D eigenvalue weighted by Crippen LogP contribution is 2.33. The summed E-state index contributed by atoms with van der Waals surface area (Å²) in [5, 5.41) is 0. The van der Waals surface area contributed by atoms with Crippen LogP contribution < -0.4 is 9.46 Å². The van der Waals surface area contributed by atoms with Crippen molar-refractivity contribution >= 4 is 15.8 Å². The molecule has 2 fully saturated rings. The molecule has 2 aromatic carbocycles. The summed E-state index contributed by atoms with van der Waals surface area (Å²) in [6.45, 7) is 2.36. The largest absolute Gasteiger partial charge is 0.494 e. The van der Waals surface area contributed by atoms with Gasteiger partial charge in [0.05, 0.1) is 17.1 Å². The quantitative estimate of drug-likeness (QED) is 0.396. The Bertz CT molecular complexity index is 1120. The Morgan fingerprint density at radius 3 is 2.50 bits per heavy atom. The number of halogens is 3. The summed E-state index contributed by atoms with van der Waals surface area (Å²) in [4.78, 5) is 13.7. The maximum Gasteiger partial charge on any atom is 0.416 e. The number of Topliss-reactive ketones (excluding diaryl/α,β-unsaturated/α-hetero) is 1. The summed E-state index contributed by atoms with van der Waals surface area (Å²) >= 11 is 0. The van der Waals surface area contributed by atoms with E-state index >= 15 is 0 Å². The lowest BCUT2D eigenvalue weighted by atomic mass is 10.1. The van der Waals surface area contributed by atoms with Gasteiger partial charge in [0.25, 0.3) is 0 Å². The molecule has 0 amide bonds. The van der Waals surface area contributed by atoms with E-state index in [1.165, 1.54) is 0 Å². The normalized spacial score (nSPS) is 19.3. The number of hydrogen-bond acceptors (Lipinski definition) is 5. The van der Waals surface area contributed by atoms with Crippen LogP contribution in [0.4, 0.5) is 13.2 Å². The first kappa shape index (κ1) is 24.7. The van der Waals surface area contributed by atoms with E-state index in [0.29, 0.717) is 50.0 Å². The van der Waals surface area contributed by atoms with Crippen LogP contribution in [0.1, 0.15) is 41.6 Å². The summed E-state index contributed by atoms with van der Waals surface area (Å²) in [5.41, 5.74) is -0.280. The molecule has 34 heavy (non-hydrogen) atoms. The number of alkyl halides is 3. The molecular formula is C24H27F3N2O4S. The summed E-state index contributed by atoms with van der Waals surface area (Å²) in [5.74, 6) is 1.07. The maximum atomic E-state index is 12.9. The molecule has 1 aliphatic carbocycles. The van der Waals surface area contributed by atoms with E-state index in [9.17, 15) is 26.4 Å². The van der Waals surface area contributed by atoms with Gasteiger partial charge in [-0.25, -0.2) is 13.1 Å². The predicted octanol–water partition coefficient (Wildman–Crippen LogP) is 4.12. The minimum atomic E-state index is -4.60. The van der Waals surface area contributed by atoms with Gasteiger partial charge in [0.15, 0.2) is 5.78 Å². The van der Waals surface area contributed by atoms with E-state index in [1.54, 1.807) is 24.3 Å². The monoisotopic (exact) mass is 496 g/mol. The molecule has 1 N–H and O–H groups in total. The standard InChI is InChI=1S/C24H27F3N2O4S/c25-24(26,27)19-3-1-4-22(15-19)34(31,32)28-20-11-13-29(16-20)12-2-14-33-21-9-7-18(8-10-21)23(30)17-5-6-17/h1,3-4,7-10,15,17,20,28H,2,5-6,11-14,16H2. The number of nitrogens with one attached hydrogen (secondary N) is 1. The van der Waals surface area contributed by atoms with Crippen LogP contribution in [0.2, 0.25) is 0 Å². The topological polar surface area (TPSA) is 75.7 Å². The molecule has 1 saturated carbocycles. The van der Waals surface area contributed by atoms with Gasteiger partial charge >= 0.3 is 6.18 Å². The van der Waals surface area contributed by atoms with Gasteiger partial charge in [-0.2, -0.15) is 13.2 Å². The predicted molar refractivity (Wildman–Crippen MR) is 120 cm³/mol. The average molecular weight is 497 g/mol. The van der Waals surface area contributed by atoms with E-state index in [2.05, 4.69) is 9.62 Å². The highest BCUT2D eigenvalue weighted by atomic mass is 32.2. The number of hydrogen-bond donors (Lipinski definition) is 1. The molecular weight excluding hydrogens is 469 g/mol. The van der Waals surface area contributed by atoms with Crippen molar-refractivity contribution in [1.82, 2.24) is 9.62 Å². The molecule has 1 atom stereocenters. The number of likely N-dealkylation sites (tertiary alicyclic amines) is 1. The fraction of sp³-hybridized carbons (Fsp3) is 0.458. The molecule has 1 heterocycles. The molecule has 0 radical (unpaired) electrons. The van der Waals surface area contributed by atoms with Crippen molar-refractivity contribution in [2.24, 2.45) is 5.92 Å². The number of carbonyl (C=O) groups excluding carboxylic acids is 1. The Labute approximate surface area is 197 Å². The lowest BCUT2D eigenvalue weighted by Gasteiger charge is -2.17. The van der Waals surface area contributed by atoms with Crippen LogP contribution in [0.15, 0.2) is 53.4 Å². The van der Waals surface area contributed by atoms with Gasteiger partial charge in [0, 0.05) is 30.6 Å². The van der Waals surface area contributed by atoms with Crippen molar-refractivity contribution in [3.05, 3.63) is 59.7 Å². The second-order valence-electron chi connectivity index (χ2n) is 8.80. The fourth-order valence-electron chi connectivity index (χ4n) is 4.03. The number of sulfonamides is 1. The van der Waals surface area contributed by atoms with Crippen LogP contribution in [0.5, 0.6) is 5.75 Å². The van der Waals surface area contributed by atoms with Crippen LogP contribution in [-0.2, 0) is 16.2 Å². The van der Waals surface area contributed by atoms with Crippen LogP contribution in [-0.4, -0.2) is 51.4 Å². The molecule has 4 rings (SSSR count). The number of carbonyl (C=O) groups is 1. The van der Waals surface area contributed by atoms with E-state index in [1.807, 2.05) is 0 Å². The first-order valence-corrected chi connectivity index (χ1v) is 12.8. The lowest BCUT2D eigenvalue weighted by Crippen LogP contribution is -2.37. The first-order valence-electron chi connectivity index (χ1n) is 11.3. The van der Waals surface area contributed by atoms with Crippen molar-refractivity contribution in [1.29, 1.82) is 0 Å². The highest BCUT2D eigenvalue weighted by Gasteiger charge is 2.33. The third-order valence-electron chi connectivity index (χ3n) is 6.04. The number of benzene rings is 2. The molecule has 2 aromatic rings. The number of ether oxygens (including phenoxy) is 1. The summed E-state index contributed by atoms with van der Waals surface area (Å²) < 4.78 is 72.1. The van der Waals surface area contributed by atoms with Crippen LogP contribution >= 0.6 is 0 Å². The van der Waals surface area contributed by atoms with Gasteiger partial charge in [-0.1, -0.05) is 6.07 Å². The highest BCUT2D eigenvalue weighted by molar-refractivity contribution is 7.89. The number of nitrogens with zero attached hydrogens (tertiary/aromatic N) is 1. The summed E-state index contributed by atoms with van der Waals surface area (Å²) in [6.07, 6.45) is -1.35. The van der Waals surface area contributed by atoms with Gasteiger partial charge in [0.2, 0.25) is 10.0 Å². The number of ketones is 1. The minimum Gasteiger partial charge on any atom is -0.494 e. The second-order valence-corrected chi connectivity index (χ2v) is 10.5. The molecule has 0 aromatic heterocycles. The molecule has 1 unspecified atom stereocenters. The Morgan fingerprint density at radius 1 is 1.09 bits per heavy atom. The molecule has 1 aliphatic heterocycles. The van der Waals surface area contributed by atoms with Gasteiger partial charge in [-0.3, -0.25) is 4.79 Å². The molecule has 0 bridgehead atoms. The zero-order valence-electron chi connectivity index (χ0n) is 18.6. The fourth-order valence-corrected chi connectivity index (χ4v) is 5.34. The van der Waals surface area contributed by atoms with Crippen LogP contribution in [0.3, 0.4) is 0 Å². The van der Waals surface area contributed by atoms with Crippen molar-refractivity contribution in [2.75, 3.05) is 26.2 Å². The zero-order chi connectivity index (χ0) is 24.3. The van der Waals surface area contributed by atoms with Crippen molar-refractivity contribution in [2.45, 2.75) is 42.8 Å². The molecule has 2 aliphatic rings. The molecule has 0 spiro atoms. The van der Waals surface area contributed by atoms with Crippen LogP contribution in [0, 0.1) is 5.92 Å². The van der Waals surface area contributed by atoms with E-state index in [0.717, 1.165) is 37.5 Å². The molecule has 184 valence electrons. The molecule has 6 nitrogen and oxygen atoms in total. The SMILES string of the molecule is O=C(c1ccc(OCCCN2CCC(NS(=O)(=O)c3cccc(C(F)(F)F)c3)C2)cc1)C1CC1. The van der Waals surface area contributed by atoms with Crippen molar-refractivity contribution in [3.63, 3.8) is 0 Å². The third kappa shape index (κ3) is 6.37. The minimum absolute atomic E-state index is 0.186. The van der Waals surface area contributed by atoms with E-state index in [4.69, 9.17) is 4.74 Å². The van der Waals surface area contributed by atoms with Crippen molar-refractivity contribution < 1.29 is 31.1 Å². The zero-order valence-corrected chi connectivity index (χ0v) is 19.4.